The van der Waals surface area contributed by atoms with Crippen molar-refractivity contribution in [1.29, 1.82) is 0 Å². The number of amides is 2. The minimum atomic E-state index is -3.52. The van der Waals surface area contributed by atoms with E-state index in [2.05, 4.69) is 10.6 Å². The van der Waals surface area contributed by atoms with Gasteiger partial charge in [-0.3, -0.25) is 9.59 Å². The molecule has 1 fully saturated rings. The van der Waals surface area contributed by atoms with Crippen molar-refractivity contribution >= 4 is 21.8 Å². The second-order valence-electron chi connectivity index (χ2n) is 7.58. The van der Waals surface area contributed by atoms with Crippen molar-refractivity contribution in [3.63, 3.8) is 0 Å². The molecule has 1 aromatic carbocycles. The number of nitrogens with zero attached hydrogens (tertiary/aromatic N) is 1. The van der Waals surface area contributed by atoms with Crippen molar-refractivity contribution < 1.29 is 22.9 Å². The van der Waals surface area contributed by atoms with E-state index in [1.807, 2.05) is 33.8 Å². The average molecular weight is 412 g/mol. The van der Waals surface area contributed by atoms with Gasteiger partial charge in [0.25, 0.3) is 5.91 Å². The molecule has 8 nitrogen and oxygen atoms in total. The minimum absolute atomic E-state index is 0.0300. The van der Waals surface area contributed by atoms with Gasteiger partial charge in [0.15, 0.2) is 6.54 Å². The van der Waals surface area contributed by atoms with Gasteiger partial charge in [-0.2, -0.15) is 4.31 Å². The van der Waals surface area contributed by atoms with Gasteiger partial charge in [0.05, 0.1) is 37.6 Å². The van der Waals surface area contributed by atoms with E-state index in [0.29, 0.717) is 31.1 Å². The van der Waals surface area contributed by atoms with E-state index >= 15 is 0 Å². The van der Waals surface area contributed by atoms with Crippen LogP contribution in [0.4, 0.5) is 0 Å². The van der Waals surface area contributed by atoms with Gasteiger partial charge in [-0.25, -0.2) is 8.42 Å². The number of piperazine rings is 1. The highest BCUT2D eigenvalue weighted by Crippen LogP contribution is 2.19. The Labute approximate surface area is 167 Å². The number of quaternary nitrogens is 1. The predicted octanol–water partition coefficient (Wildman–Crippen LogP) is -1.17. The third kappa shape index (κ3) is 6.02. The summed E-state index contributed by atoms with van der Waals surface area (Å²) in [6.07, 6.45) is 0. The first-order chi connectivity index (χ1) is 13.1. The number of hydrogen-bond donors (Lipinski definition) is 3. The molecule has 0 aliphatic carbocycles. The Morgan fingerprint density at radius 1 is 1.11 bits per heavy atom. The van der Waals surface area contributed by atoms with Crippen LogP contribution in [0.5, 0.6) is 0 Å². The summed E-state index contributed by atoms with van der Waals surface area (Å²) in [6, 6.07) is 5.21. The molecule has 0 spiro atoms. The Morgan fingerprint density at radius 2 is 1.75 bits per heavy atom. The molecule has 1 aliphatic rings. The van der Waals surface area contributed by atoms with Gasteiger partial charge >= 0.3 is 0 Å². The van der Waals surface area contributed by atoms with Crippen LogP contribution in [0.3, 0.4) is 0 Å². The van der Waals surface area contributed by atoms with Gasteiger partial charge in [0, 0.05) is 6.04 Å². The van der Waals surface area contributed by atoms with E-state index in [1.165, 1.54) is 4.31 Å². The van der Waals surface area contributed by atoms with Crippen LogP contribution < -0.4 is 15.5 Å². The monoisotopic (exact) mass is 411 g/mol. The van der Waals surface area contributed by atoms with E-state index in [-0.39, 0.29) is 30.9 Å². The molecule has 1 heterocycles. The summed E-state index contributed by atoms with van der Waals surface area (Å²) in [5.41, 5.74) is 2.00. The molecule has 3 N–H and O–H groups in total. The summed E-state index contributed by atoms with van der Waals surface area (Å²) in [5, 5.41) is 5.32. The number of rotatable bonds is 7. The number of hydrogen-bond acceptors (Lipinski definition) is 4. The van der Waals surface area contributed by atoms with Crippen LogP contribution >= 0.6 is 0 Å². The zero-order valence-electron chi connectivity index (χ0n) is 17.0. The molecular formula is C19H31N4O4S+. The van der Waals surface area contributed by atoms with Crippen LogP contribution in [0.25, 0.3) is 0 Å². The van der Waals surface area contributed by atoms with E-state index in [0.717, 1.165) is 16.0 Å². The Morgan fingerprint density at radius 3 is 2.32 bits per heavy atom. The topological polar surface area (TPSA) is 100 Å². The molecule has 1 aliphatic heterocycles. The maximum atomic E-state index is 12.8. The summed E-state index contributed by atoms with van der Waals surface area (Å²) < 4.78 is 27.2. The van der Waals surface area contributed by atoms with Gasteiger partial charge in [-0.15, -0.1) is 0 Å². The summed E-state index contributed by atoms with van der Waals surface area (Å²) in [5.74, 6) is -0.429. The Hall–Kier alpha value is -1.97. The lowest BCUT2D eigenvalue weighted by Gasteiger charge is -2.31. The molecule has 1 saturated heterocycles. The first-order valence-corrected chi connectivity index (χ1v) is 11.0. The normalized spacial score (nSPS) is 16.2. The molecule has 2 amide bonds. The molecule has 0 bridgehead atoms. The molecule has 28 heavy (non-hydrogen) atoms. The number of sulfonamides is 1. The summed E-state index contributed by atoms with van der Waals surface area (Å²) in [4.78, 5) is 24.9. The Balaban J connectivity index is 1.84. The first-order valence-electron chi connectivity index (χ1n) is 9.56. The molecule has 1 aromatic rings. The van der Waals surface area contributed by atoms with Gasteiger partial charge < -0.3 is 15.5 Å². The molecule has 0 atom stereocenters. The molecule has 2 rings (SSSR count). The number of aryl methyl sites for hydroxylation is 2. The van der Waals surface area contributed by atoms with Crippen molar-refractivity contribution in [2.75, 3.05) is 39.3 Å². The quantitative estimate of drug-likeness (QED) is 0.527. The third-order valence-corrected chi connectivity index (χ3v) is 6.75. The van der Waals surface area contributed by atoms with Gasteiger partial charge in [0.1, 0.15) is 0 Å². The van der Waals surface area contributed by atoms with Crippen LogP contribution in [0, 0.1) is 13.8 Å². The second kappa shape index (κ2) is 9.49. The zero-order valence-corrected chi connectivity index (χ0v) is 17.9. The Kier molecular flexibility index (Phi) is 7.56. The number of benzene rings is 1. The molecule has 0 unspecified atom stereocenters. The molecule has 0 saturated carbocycles. The van der Waals surface area contributed by atoms with Crippen molar-refractivity contribution in [2.24, 2.45) is 0 Å². The fourth-order valence-corrected chi connectivity index (χ4v) is 4.61. The highest BCUT2D eigenvalue weighted by Gasteiger charge is 2.31. The third-order valence-electron chi connectivity index (χ3n) is 4.85. The fourth-order valence-electron chi connectivity index (χ4n) is 3.08. The molecular weight excluding hydrogens is 380 g/mol. The van der Waals surface area contributed by atoms with Gasteiger partial charge in [0.2, 0.25) is 15.9 Å². The standard InChI is InChI=1S/C19H30N4O4S/c1-14(2)21-18(24)12-20-19(25)13-22-7-9-23(10-8-22)28(26,27)17-6-5-15(3)16(4)11-17/h5-6,11,14H,7-10,12-13H2,1-4H3,(H,20,25)(H,21,24)/p+1. The summed E-state index contributed by atoms with van der Waals surface area (Å²) in [6.45, 7) is 9.58. The predicted molar refractivity (Wildman–Crippen MR) is 107 cm³/mol. The van der Waals surface area contributed by atoms with E-state index in [1.54, 1.807) is 12.1 Å². The fraction of sp³-hybridized carbons (Fsp3) is 0.579. The lowest BCUT2D eigenvalue weighted by atomic mass is 10.1. The van der Waals surface area contributed by atoms with Crippen LogP contribution in [-0.2, 0) is 19.6 Å². The van der Waals surface area contributed by atoms with Gasteiger partial charge in [-0.1, -0.05) is 6.07 Å². The lowest BCUT2D eigenvalue weighted by Crippen LogP contribution is -3.15. The summed E-state index contributed by atoms with van der Waals surface area (Å²) >= 11 is 0. The van der Waals surface area contributed by atoms with E-state index < -0.39 is 10.0 Å². The maximum absolute atomic E-state index is 12.8. The number of nitrogens with one attached hydrogen (secondary N) is 3. The molecule has 0 aromatic heterocycles. The SMILES string of the molecule is Cc1ccc(S(=O)(=O)N2CC[NH+](CC(=O)NCC(=O)NC(C)C)CC2)cc1C. The number of carbonyl (C=O) groups excluding carboxylic acids is 2. The maximum Gasteiger partial charge on any atom is 0.275 e. The van der Waals surface area contributed by atoms with Crippen molar-refractivity contribution in [3.8, 4) is 0 Å². The van der Waals surface area contributed by atoms with Gasteiger partial charge in [-0.05, 0) is 51.0 Å². The lowest BCUT2D eigenvalue weighted by molar-refractivity contribution is -0.895. The van der Waals surface area contributed by atoms with Crippen molar-refractivity contribution in [2.45, 2.75) is 38.6 Å². The number of carbonyl (C=O) groups is 2. The second-order valence-corrected chi connectivity index (χ2v) is 9.51. The zero-order chi connectivity index (χ0) is 20.9. The Bertz CT molecular complexity index is 815. The molecule has 156 valence electrons. The minimum Gasteiger partial charge on any atom is -0.352 e. The largest absolute Gasteiger partial charge is 0.352 e. The smallest absolute Gasteiger partial charge is 0.275 e. The van der Waals surface area contributed by atoms with Crippen LogP contribution in [-0.4, -0.2) is 69.8 Å². The average Bonchev–Trinajstić information content (AvgIpc) is 2.62. The highest BCUT2D eigenvalue weighted by atomic mass is 32.2. The van der Waals surface area contributed by atoms with Crippen LogP contribution in [0.15, 0.2) is 23.1 Å². The molecule has 9 heteroatoms. The van der Waals surface area contributed by atoms with Crippen LogP contribution in [0.2, 0.25) is 0 Å². The summed E-state index contributed by atoms with van der Waals surface area (Å²) in [7, 11) is -3.52. The van der Waals surface area contributed by atoms with E-state index in [9.17, 15) is 18.0 Å². The van der Waals surface area contributed by atoms with Crippen molar-refractivity contribution in [1.82, 2.24) is 14.9 Å². The van der Waals surface area contributed by atoms with Crippen molar-refractivity contribution in [3.05, 3.63) is 29.3 Å². The van der Waals surface area contributed by atoms with Crippen LogP contribution in [0.1, 0.15) is 25.0 Å². The highest BCUT2D eigenvalue weighted by molar-refractivity contribution is 7.89. The molecule has 0 radical (unpaired) electrons. The first kappa shape index (κ1) is 22.3. The van der Waals surface area contributed by atoms with E-state index in [4.69, 9.17) is 0 Å².